The summed E-state index contributed by atoms with van der Waals surface area (Å²) in [4.78, 5) is 0. The molecular formula is C13H15F3O2S. The zero-order valence-electron chi connectivity index (χ0n) is 10.9. The summed E-state index contributed by atoms with van der Waals surface area (Å²) in [6, 6.07) is 2.55. The molecule has 0 unspecified atom stereocenters. The van der Waals surface area contributed by atoms with Crippen molar-refractivity contribution in [2.45, 2.75) is 25.9 Å². The first-order valence-corrected chi connectivity index (χ1v) is 6.12. The summed E-state index contributed by atoms with van der Waals surface area (Å²) in [5.41, 5.74) is -0.0985. The van der Waals surface area contributed by atoms with Crippen molar-refractivity contribution in [3.05, 3.63) is 28.8 Å². The largest absolute Gasteiger partial charge is 0.496 e. The molecule has 0 radical (unpaired) electrons. The molecule has 0 amide bonds. The van der Waals surface area contributed by atoms with Crippen LogP contribution >= 0.6 is 12.2 Å². The Morgan fingerprint density at radius 2 is 1.89 bits per heavy atom. The monoisotopic (exact) mass is 292 g/mol. The minimum absolute atomic E-state index is 0.0329. The molecule has 0 aliphatic heterocycles. The first-order valence-electron chi connectivity index (χ1n) is 5.71. The molecule has 19 heavy (non-hydrogen) atoms. The highest BCUT2D eigenvalue weighted by atomic mass is 32.1. The van der Waals surface area contributed by atoms with Crippen molar-refractivity contribution in [1.29, 1.82) is 0 Å². The van der Waals surface area contributed by atoms with Crippen LogP contribution in [0.1, 0.15) is 30.0 Å². The van der Waals surface area contributed by atoms with E-state index < -0.39 is 11.7 Å². The minimum Gasteiger partial charge on any atom is -0.496 e. The summed E-state index contributed by atoms with van der Waals surface area (Å²) in [5.74, 6) is -0.142. The van der Waals surface area contributed by atoms with Crippen molar-refractivity contribution >= 4 is 17.3 Å². The highest BCUT2D eigenvalue weighted by Crippen LogP contribution is 2.39. The van der Waals surface area contributed by atoms with Crippen LogP contribution in [-0.2, 0) is 17.3 Å². The number of ether oxygens (including phenoxy) is 2. The average molecular weight is 292 g/mol. The number of rotatable bonds is 4. The number of halogens is 3. The molecule has 0 aliphatic rings. The molecule has 0 spiro atoms. The summed E-state index contributed by atoms with van der Waals surface area (Å²) in [6.45, 7) is 1.88. The van der Waals surface area contributed by atoms with E-state index in [-0.39, 0.29) is 16.4 Å². The van der Waals surface area contributed by atoms with E-state index in [1.165, 1.54) is 14.2 Å². The number of hydrogen-bond donors (Lipinski definition) is 0. The third-order valence-corrected chi connectivity index (χ3v) is 3.02. The molecule has 0 fully saturated rings. The maximum absolute atomic E-state index is 13.0. The summed E-state index contributed by atoms with van der Waals surface area (Å²) in [6.07, 6.45) is -3.31. The molecule has 2 nitrogen and oxygen atoms in total. The molecule has 0 heterocycles. The topological polar surface area (TPSA) is 18.5 Å². The van der Waals surface area contributed by atoms with Crippen molar-refractivity contribution in [1.82, 2.24) is 0 Å². The number of methoxy groups -OCH3 is 2. The lowest BCUT2D eigenvalue weighted by atomic mass is 10.0. The summed E-state index contributed by atoms with van der Waals surface area (Å²) < 4.78 is 48.9. The fourth-order valence-corrected chi connectivity index (χ4v) is 1.95. The van der Waals surface area contributed by atoms with Crippen LogP contribution in [0.25, 0.3) is 0 Å². The van der Waals surface area contributed by atoms with E-state index in [2.05, 4.69) is 0 Å². The van der Waals surface area contributed by atoms with Crippen molar-refractivity contribution in [3.63, 3.8) is 0 Å². The van der Waals surface area contributed by atoms with Crippen molar-refractivity contribution in [2.75, 3.05) is 14.2 Å². The van der Waals surface area contributed by atoms with Gasteiger partial charge in [-0.25, -0.2) is 0 Å². The van der Waals surface area contributed by atoms with Gasteiger partial charge in [0.2, 0.25) is 0 Å². The maximum Gasteiger partial charge on any atom is 0.419 e. The van der Waals surface area contributed by atoms with Gasteiger partial charge in [-0.1, -0.05) is 13.3 Å². The minimum atomic E-state index is -4.49. The van der Waals surface area contributed by atoms with Gasteiger partial charge in [-0.3, -0.25) is 0 Å². The first-order chi connectivity index (χ1) is 8.85. The second kappa shape index (κ2) is 6.23. The van der Waals surface area contributed by atoms with Crippen LogP contribution in [0.2, 0.25) is 0 Å². The molecule has 0 saturated heterocycles. The lowest BCUT2D eigenvalue weighted by Crippen LogP contribution is -2.12. The number of hydrogen-bond acceptors (Lipinski definition) is 3. The maximum atomic E-state index is 13.0. The number of thiocarbonyl (C=S) groups is 1. The Bertz CT molecular complexity index is 470. The Morgan fingerprint density at radius 1 is 1.26 bits per heavy atom. The molecule has 0 aromatic heterocycles. The molecule has 1 aromatic carbocycles. The van der Waals surface area contributed by atoms with E-state index in [1.54, 1.807) is 6.07 Å². The van der Waals surface area contributed by atoms with Crippen LogP contribution in [0.3, 0.4) is 0 Å². The number of alkyl halides is 3. The second-order valence-electron chi connectivity index (χ2n) is 3.96. The smallest absolute Gasteiger partial charge is 0.419 e. The van der Waals surface area contributed by atoms with Crippen LogP contribution < -0.4 is 4.74 Å². The van der Waals surface area contributed by atoms with Gasteiger partial charge < -0.3 is 9.47 Å². The van der Waals surface area contributed by atoms with Gasteiger partial charge >= 0.3 is 6.18 Å². The number of aryl methyl sites for hydroxylation is 1. The van der Waals surface area contributed by atoms with Gasteiger partial charge in [0.15, 0.2) is 5.05 Å². The Hall–Kier alpha value is -1.30. The molecule has 0 aliphatic carbocycles. The Balaban J connectivity index is 3.49. The van der Waals surface area contributed by atoms with E-state index in [0.29, 0.717) is 18.4 Å². The van der Waals surface area contributed by atoms with Crippen LogP contribution in [-0.4, -0.2) is 19.3 Å². The highest BCUT2D eigenvalue weighted by molar-refractivity contribution is 7.80. The number of benzene rings is 1. The predicted octanol–water partition coefficient (Wildman–Crippen LogP) is 3.99. The normalized spacial score (nSPS) is 11.3. The van der Waals surface area contributed by atoms with Crippen LogP contribution in [0.5, 0.6) is 5.75 Å². The third kappa shape index (κ3) is 3.59. The van der Waals surface area contributed by atoms with Gasteiger partial charge in [0.1, 0.15) is 5.75 Å². The van der Waals surface area contributed by atoms with Crippen LogP contribution in [0.15, 0.2) is 12.1 Å². The van der Waals surface area contributed by atoms with Crippen LogP contribution in [0, 0.1) is 0 Å². The Labute approximate surface area is 115 Å². The molecule has 1 aromatic rings. The van der Waals surface area contributed by atoms with E-state index >= 15 is 0 Å². The van der Waals surface area contributed by atoms with Crippen LogP contribution in [0.4, 0.5) is 13.2 Å². The molecule has 106 valence electrons. The zero-order valence-corrected chi connectivity index (χ0v) is 11.7. The van der Waals surface area contributed by atoms with Gasteiger partial charge in [0.25, 0.3) is 0 Å². The quantitative estimate of drug-likeness (QED) is 0.782. The van der Waals surface area contributed by atoms with E-state index in [0.717, 1.165) is 6.07 Å². The van der Waals surface area contributed by atoms with Gasteiger partial charge in [-0.2, -0.15) is 13.2 Å². The van der Waals surface area contributed by atoms with Gasteiger partial charge in [0, 0.05) is 5.56 Å². The van der Waals surface area contributed by atoms with Crippen molar-refractivity contribution < 1.29 is 22.6 Å². The summed E-state index contributed by atoms with van der Waals surface area (Å²) in [7, 11) is 2.57. The average Bonchev–Trinajstić information content (AvgIpc) is 2.36. The van der Waals surface area contributed by atoms with Gasteiger partial charge in [0.05, 0.1) is 19.8 Å². The summed E-state index contributed by atoms with van der Waals surface area (Å²) >= 11 is 4.90. The fraction of sp³-hybridized carbons (Fsp3) is 0.462. The highest BCUT2D eigenvalue weighted by Gasteiger charge is 2.36. The van der Waals surface area contributed by atoms with Crippen molar-refractivity contribution in [3.8, 4) is 5.75 Å². The van der Waals surface area contributed by atoms with E-state index in [1.807, 2.05) is 6.92 Å². The fourth-order valence-electron chi connectivity index (χ4n) is 1.83. The molecule has 0 bridgehead atoms. The van der Waals surface area contributed by atoms with Gasteiger partial charge in [-0.05, 0) is 36.3 Å². The zero-order chi connectivity index (χ0) is 14.6. The van der Waals surface area contributed by atoms with Gasteiger partial charge in [-0.15, -0.1) is 0 Å². The Morgan fingerprint density at radius 3 is 2.32 bits per heavy atom. The predicted molar refractivity (Wildman–Crippen MR) is 70.7 cm³/mol. The molecule has 1 rings (SSSR count). The van der Waals surface area contributed by atoms with E-state index in [9.17, 15) is 13.2 Å². The van der Waals surface area contributed by atoms with E-state index in [4.69, 9.17) is 21.7 Å². The SMILES string of the molecule is CCCc1cc(C(=S)OC)cc(C(F)(F)F)c1OC. The molecule has 0 saturated carbocycles. The second-order valence-corrected chi connectivity index (χ2v) is 4.33. The molecular weight excluding hydrogens is 277 g/mol. The summed E-state index contributed by atoms with van der Waals surface area (Å²) in [5, 5.41) is 0.0329. The standard InChI is InChI=1S/C13H15F3O2S/c1-4-5-8-6-9(12(19)18-3)7-10(11(8)17-2)13(14,15)16/h6-7H,4-5H2,1-3H3. The molecule has 6 heteroatoms. The lowest BCUT2D eigenvalue weighted by Gasteiger charge is -2.17. The molecule has 0 atom stereocenters. The third-order valence-electron chi connectivity index (χ3n) is 2.62. The lowest BCUT2D eigenvalue weighted by molar-refractivity contribution is -0.138. The van der Waals surface area contributed by atoms with Crippen molar-refractivity contribution in [2.24, 2.45) is 0 Å². The molecule has 0 N–H and O–H groups in total. The Kier molecular flexibility index (Phi) is 5.17. The first kappa shape index (κ1) is 15.8.